The maximum Gasteiger partial charge on any atom is 0.251 e. The van der Waals surface area contributed by atoms with Crippen LogP contribution in [-0.2, 0) is 6.54 Å². The molecule has 0 spiro atoms. The summed E-state index contributed by atoms with van der Waals surface area (Å²) in [5, 5.41) is 6.25. The Balaban J connectivity index is 1.32. The van der Waals surface area contributed by atoms with Gasteiger partial charge in [-0.05, 0) is 84.3 Å². The van der Waals surface area contributed by atoms with Crippen LogP contribution < -0.4 is 14.8 Å². The molecule has 0 aliphatic carbocycles. The van der Waals surface area contributed by atoms with Gasteiger partial charge in [0.15, 0.2) is 5.16 Å². The van der Waals surface area contributed by atoms with Crippen molar-refractivity contribution in [2.75, 3.05) is 26.5 Å². The van der Waals surface area contributed by atoms with E-state index in [4.69, 9.17) is 14.5 Å². The number of aromatic nitrogens is 2. The summed E-state index contributed by atoms with van der Waals surface area (Å²) < 4.78 is 13.1. The molecule has 1 aromatic heterocycles. The molecule has 0 bridgehead atoms. The van der Waals surface area contributed by atoms with Crippen molar-refractivity contribution in [1.82, 2.24) is 14.9 Å². The second kappa shape index (κ2) is 13.4. The van der Waals surface area contributed by atoms with Crippen molar-refractivity contribution in [2.24, 2.45) is 0 Å². The molecule has 1 N–H and O–H groups in total. The normalized spacial score (nSPS) is 11.0. The van der Waals surface area contributed by atoms with Crippen molar-refractivity contribution in [3.05, 3.63) is 96.6 Å². The van der Waals surface area contributed by atoms with Crippen LogP contribution in [0.4, 0.5) is 0 Å². The highest BCUT2D eigenvalue weighted by molar-refractivity contribution is 7.99. The van der Waals surface area contributed by atoms with Crippen molar-refractivity contribution >= 4 is 28.4 Å². The van der Waals surface area contributed by atoms with E-state index in [0.717, 1.165) is 75.1 Å². The van der Waals surface area contributed by atoms with E-state index in [1.807, 2.05) is 60.7 Å². The lowest BCUT2D eigenvalue weighted by Gasteiger charge is -2.13. The van der Waals surface area contributed by atoms with Gasteiger partial charge in [0.1, 0.15) is 11.5 Å². The molecule has 5 aromatic rings. The van der Waals surface area contributed by atoms with Gasteiger partial charge in [-0.25, -0.2) is 4.98 Å². The van der Waals surface area contributed by atoms with E-state index in [1.54, 1.807) is 26.0 Å². The van der Waals surface area contributed by atoms with Crippen LogP contribution in [0.5, 0.6) is 11.5 Å². The lowest BCUT2D eigenvalue weighted by molar-refractivity contribution is 0.0954. The first-order valence-electron chi connectivity index (χ1n) is 13.9. The maximum atomic E-state index is 12.8. The van der Waals surface area contributed by atoms with Gasteiger partial charge in [-0.3, -0.25) is 4.79 Å². The third-order valence-corrected chi connectivity index (χ3v) is 8.02. The summed E-state index contributed by atoms with van der Waals surface area (Å²) in [6.45, 7) is 3.64. The quantitative estimate of drug-likeness (QED) is 0.124. The summed E-state index contributed by atoms with van der Waals surface area (Å²) in [6, 6.07) is 30.1. The molecule has 1 amide bonds. The molecule has 0 aliphatic rings. The van der Waals surface area contributed by atoms with Gasteiger partial charge in [-0.15, -0.1) is 0 Å². The highest BCUT2D eigenvalue weighted by Gasteiger charge is 2.20. The number of nitrogens with one attached hydrogen (secondary N) is 1. The van der Waals surface area contributed by atoms with Gasteiger partial charge in [-0.1, -0.05) is 49.0 Å². The summed E-state index contributed by atoms with van der Waals surface area (Å²) in [4.78, 5) is 17.9. The second-order valence-electron chi connectivity index (χ2n) is 9.72. The Hall–Kier alpha value is -4.23. The number of benzene rings is 4. The molecule has 0 atom stereocenters. The van der Waals surface area contributed by atoms with E-state index in [0.29, 0.717) is 12.1 Å². The van der Waals surface area contributed by atoms with E-state index < -0.39 is 0 Å². The SMILES string of the molecule is CCCn1c(SCCCNC(=O)c2ccc3ccccc3c2)nc(-c2ccc(OC)cc2)c1-c1ccc(OC)cc1. The molecule has 210 valence electrons. The smallest absolute Gasteiger partial charge is 0.251 e. The Kier molecular flexibility index (Phi) is 9.26. The molecule has 0 saturated heterocycles. The second-order valence-corrected chi connectivity index (χ2v) is 10.8. The zero-order valence-corrected chi connectivity index (χ0v) is 24.5. The fourth-order valence-corrected chi connectivity index (χ4v) is 5.80. The Morgan fingerprint density at radius 1 is 0.854 bits per heavy atom. The molecule has 0 aliphatic heterocycles. The van der Waals surface area contributed by atoms with Crippen LogP contribution in [0.2, 0.25) is 0 Å². The number of carbonyl (C=O) groups excluding carboxylic acids is 1. The average Bonchev–Trinajstić information content (AvgIpc) is 3.38. The molecule has 0 unspecified atom stereocenters. The lowest BCUT2D eigenvalue weighted by atomic mass is 10.0. The summed E-state index contributed by atoms with van der Waals surface area (Å²) in [5.41, 5.74) is 4.84. The van der Waals surface area contributed by atoms with Crippen molar-refractivity contribution in [2.45, 2.75) is 31.5 Å². The monoisotopic (exact) mass is 565 g/mol. The predicted octanol–water partition coefficient (Wildman–Crippen LogP) is 7.71. The maximum absolute atomic E-state index is 12.8. The van der Waals surface area contributed by atoms with Crippen molar-refractivity contribution < 1.29 is 14.3 Å². The van der Waals surface area contributed by atoms with Crippen LogP contribution in [0.3, 0.4) is 0 Å². The fourth-order valence-electron chi connectivity index (χ4n) is 4.84. The zero-order chi connectivity index (χ0) is 28.6. The number of ether oxygens (including phenoxy) is 2. The molecule has 0 saturated carbocycles. The van der Waals surface area contributed by atoms with Gasteiger partial charge in [-0.2, -0.15) is 0 Å². The first-order chi connectivity index (χ1) is 20.1. The first kappa shape index (κ1) is 28.3. The van der Waals surface area contributed by atoms with Crippen LogP contribution in [0, 0.1) is 0 Å². The van der Waals surface area contributed by atoms with E-state index in [1.165, 1.54) is 0 Å². The molecule has 41 heavy (non-hydrogen) atoms. The average molecular weight is 566 g/mol. The fraction of sp³-hybridized carbons (Fsp3) is 0.235. The number of amides is 1. The summed E-state index contributed by atoms with van der Waals surface area (Å²) in [7, 11) is 3.35. The largest absolute Gasteiger partial charge is 0.497 e. The van der Waals surface area contributed by atoms with Crippen molar-refractivity contribution in [3.8, 4) is 34.0 Å². The molecule has 1 heterocycles. The number of nitrogens with zero attached hydrogens (tertiary/aromatic N) is 2. The van der Waals surface area contributed by atoms with E-state index in [9.17, 15) is 4.79 Å². The van der Waals surface area contributed by atoms with Crippen LogP contribution in [0.15, 0.2) is 96.2 Å². The molecule has 0 fully saturated rings. The molecule has 5 rings (SSSR count). The highest BCUT2D eigenvalue weighted by Crippen LogP contribution is 2.37. The highest BCUT2D eigenvalue weighted by atomic mass is 32.2. The molecular formula is C34H35N3O3S. The molecule has 6 nitrogen and oxygen atoms in total. The predicted molar refractivity (Wildman–Crippen MR) is 168 cm³/mol. The summed E-state index contributed by atoms with van der Waals surface area (Å²) >= 11 is 1.73. The number of methoxy groups -OCH3 is 2. The molecular weight excluding hydrogens is 530 g/mol. The lowest BCUT2D eigenvalue weighted by Crippen LogP contribution is -2.24. The summed E-state index contributed by atoms with van der Waals surface area (Å²) in [5.74, 6) is 2.43. The van der Waals surface area contributed by atoms with E-state index in [2.05, 4.69) is 47.1 Å². The third kappa shape index (κ3) is 6.57. The number of hydrogen-bond donors (Lipinski definition) is 1. The minimum absolute atomic E-state index is 0.0446. The number of hydrogen-bond acceptors (Lipinski definition) is 5. The van der Waals surface area contributed by atoms with Crippen molar-refractivity contribution in [3.63, 3.8) is 0 Å². The van der Waals surface area contributed by atoms with Gasteiger partial charge in [0.25, 0.3) is 5.91 Å². The van der Waals surface area contributed by atoms with Crippen molar-refractivity contribution in [1.29, 1.82) is 0 Å². The number of thioether (sulfide) groups is 1. The Labute approximate surface area is 245 Å². The van der Waals surface area contributed by atoms with Crippen LogP contribution in [0.25, 0.3) is 33.3 Å². The Bertz CT molecular complexity index is 1610. The summed E-state index contributed by atoms with van der Waals surface area (Å²) in [6.07, 6.45) is 1.82. The first-order valence-corrected chi connectivity index (χ1v) is 14.9. The van der Waals surface area contributed by atoms with Gasteiger partial charge in [0.2, 0.25) is 0 Å². The van der Waals surface area contributed by atoms with Gasteiger partial charge in [0.05, 0.1) is 25.6 Å². The molecule has 0 radical (unpaired) electrons. The van der Waals surface area contributed by atoms with Crippen LogP contribution in [-0.4, -0.2) is 42.0 Å². The third-order valence-electron chi connectivity index (χ3n) is 6.96. The number of imidazole rings is 1. The minimum atomic E-state index is -0.0446. The van der Waals surface area contributed by atoms with Gasteiger partial charge >= 0.3 is 0 Å². The van der Waals surface area contributed by atoms with Gasteiger partial charge in [0, 0.05) is 35.5 Å². The standard InChI is InChI=1S/C34H35N3O3S/c1-4-21-37-32(26-14-18-30(40-3)19-15-26)31(25-12-16-29(39-2)17-13-25)36-34(37)41-22-7-20-35-33(38)28-11-10-24-8-5-6-9-27(24)23-28/h5-6,8-19,23H,4,7,20-22H2,1-3H3,(H,35,38). The Morgan fingerprint density at radius 2 is 1.51 bits per heavy atom. The van der Waals surface area contributed by atoms with E-state index in [-0.39, 0.29) is 5.91 Å². The van der Waals surface area contributed by atoms with E-state index >= 15 is 0 Å². The topological polar surface area (TPSA) is 65.4 Å². The zero-order valence-electron chi connectivity index (χ0n) is 23.7. The van der Waals surface area contributed by atoms with Crippen LogP contribution >= 0.6 is 11.8 Å². The number of fused-ring (bicyclic) bond motifs is 1. The number of carbonyl (C=O) groups is 1. The minimum Gasteiger partial charge on any atom is -0.497 e. The molecule has 4 aromatic carbocycles. The Morgan fingerprint density at radius 3 is 2.17 bits per heavy atom. The van der Waals surface area contributed by atoms with Gasteiger partial charge < -0.3 is 19.4 Å². The molecule has 7 heteroatoms. The number of rotatable bonds is 12. The van der Waals surface area contributed by atoms with Crippen LogP contribution in [0.1, 0.15) is 30.1 Å².